The molecule has 12 heavy (non-hydrogen) atoms. The minimum Gasteiger partial charge on any atom is -0.391 e. The van der Waals surface area contributed by atoms with Crippen LogP contribution in [-0.4, -0.2) is 16.2 Å². The van der Waals surface area contributed by atoms with Gasteiger partial charge in [0.1, 0.15) is 0 Å². The summed E-state index contributed by atoms with van der Waals surface area (Å²) in [6.45, 7) is 1.55. The van der Waals surface area contributed by atoms with Gasteiger partial charge in [0.25, 0.3) is 5.56 Å². The number of hydrogen-bond donors (Lipinski definition) is 3. The minimum absolute atomic E-state index is 0.245. The maximum absolute atomic E-state index is 11.1. The van der Waals surface area contributed by atoms with Crippen LogP contribution in [0, 0.1) is 0 Å². The summed E-state index contributed by atoms with van der Waals surface area (Å²) in [5.41, 5.74) is 5.73. The van der Waals surface area contributed by atoms with Crippen LogP contribution in [0.5, 0.6) is 0 Å². The first-order valence-corrected chi connectivity index (χ1v) is 3.74. The van der Waals surface area contributed by atoms with Crippen molar-refractivity contribution in [2.24, 2.45) is 5.73 Å². The SMILES string of the molecule is C[C@@H](O)[C@H](N)c1ccc[nH]c1=O. The van der Waals surface area contributed by atoms with Gasteiger partial charge in [0.15, 0.2) is 0 Å². The van der Waals surface area contributed by atoms with Crippen LogP contribution in [0.15, 0.2) is 23.1 Å². The summed E-state index contributed by atoms with van der Waals surface area (Å²) in [4.78, 5) is 13.6. The third-order valence-corrected chi connectivity index (χ3v) is 1.73. The highest BCUT2D eigenvalue weighted by Crippen LogP contribution is 2.07. The zero-order valence-electron chi connectivity index (χ0n) is 6.82. The average Bonchev–Trinajstić information content (AvgIpc) is 2.04. The Hall–Kier alpha value is -1.13. The van der Waals surface area contributed by atoms with Crippen molar-refractivity contribution >= 4 is 0 Å². The number of aliphatic hydroxyl groups is 1. The molecule has 4 heteroatoms. The van der Waals surface area contributed by atoms with Crippen LogP contribution in [0.4, 0.5) is 0 Å². The predicted octanol–water partition coefficient (Wildman–Crippen LogP) is -0.244. The van der Waals surface area contributed by atoms with Crippen LogP contribution in [0.3, 0.4) is 0 Å². The van der Waals surface area contributed by atoms with Crippen molar-refractivity contribution in [2.75, 3.05) is 0 Å². The second kappa shape index (κ2) is 3.51. The van der Waals surface area contributed by atoms with Gasteiger partial charge in [-0.15, -0.1) is 0 Å². The molecule has 1 aromatic rings. The van der Waals surface area contributed by atoms with E-state index in [1.165, 1.54) is 6.20 Å². The van der Waals surface area contributed by atoms with Crippen LogP contribution in [-0.2, 0) is 0 Å². The molecule has 0 spiro atoms. The van der Waals surface area contributed by atoms with Crippen LogP contribution in [0.2, 0.25) is 0 Å². The number of pyridine rings is 1. The summed E-state index contributed by atoms with van der Waals surface area (Å²) < 4.78 is 0. The van der Waals surface area contributed by atoms with Gasteiger partial charge in [0, 0.05) is 11.8 Å². The van der Waals surface area contributed by atoms with E-state index in [4.69, 9.17) is 10.8 Å². The van der Waals surface area contributed by atoms with E-state index in [0.717, 1.165) is 0 Å². The number of aliphatic hydroxyl groups excluding tert-OH is 1. The Morgan fingerprint density at radius 2 is 2.33 bits per heavy atom. The number of H-pyrrole nitrogens is 1. The fourth-order valence-corrected chi connectivity index (χ4v) is 0.957. The van der Waals surface area contributed by atoms with Gasteiger partial charge in [-0.3, -0.25) is 4.79 Å². The van der Waals surface area contributed by atoms with Crippen molar-refractivity contribution in [3.63, 3.8) is 0 Å². The third-order valence-electron chi connectivity index (χ3n) is 1.73. The van der Waals surface area contributed by atoms with E-state index in [2.05, 4.69) is 4.98 Å². The summed E-state index contributed by atoms with van der Waals surface area (Å²) in [6.07, 6.45) is 0.814. The van der Waals surface area contributed by atoms with Crippen molar-refractivity contribution in [3.05, 3.63) is 34.2 Å². The lowest BCUT2D eigenvalue weighted by atomic mass is 10.1. The van der Waals surface area contributed by atoms with Crippen molar-refractivity contribution in [1.29, 1.82) is 0 Å². The lowest BCUT2D eigenvalue weighted by Gasteiger charge is -2.13. The Balaban J connectivity index is 3.03. The number of aromatic amines is 1. The van der Waals surface area contributed by atoms with Crippen LogP contribution in [0.1, 0.15) is 18.5 Å². The molecule has 0 bridgehead atoms. The van der Waals surface area contributed by atoms with Crippen LogP contribution >= 0.6 is 0 Å². The third kappa shape index (κ3) is 1.72. The highest BCUT2D eigenvalue weighted by atomic mass is 16.3. The molecule has 0 fully saturated rings. The monoisotopic (exact) mass is 168 g/mol. The fourth-order valence-electron chi connectivity index (χ4n) is 0.957. The molecule has 4 N–H and O–H groups in total. The maximum Gasteiger partial charge on any atom is 0.252 e. The van der Waals surface area contributed by atoms with E-state index in [-0.39, 0.29) is 5.56 Å². The topological polar surface area (TPSA) is 79.1 Å². The zero-order chi connectivity index (χ0) is 9.14. The molecule has 0 aliphatic carbocycles. The normalized spacial score (nSPS) is 15.6. The van der Waals surface area contributed by atoms with Gasteiger partial charge in [-0.2, -0.15) is 0 Å². The van der Waals surface area contributed by atoms with Crippen LogP contribution < -0.4 is 11.3 Å². The highest BCUT2D eigenvalue weighted by Gasteiger charge is 2.14. The Morgan fingerprint density at radius 3 is 2.83 bits per heavy atom. The predicted molar refractivity (Wildman–Crippen MR) is 45.7 cm³/mol. The van der Waals surface area contributed by atoms with Gasteiger partial charge in [-0.25, -0.2) is 0 Å². The molecule has 4 nitrogen and oxygen atoms in total. The molecule has 1 heterocycles. The smallest absolute Gasteiger partial charge is 0.252 e. The molecule has 0 amide bonds. The van der Waals surface area contributed by atoms with E-state index in [1.807, 2.05) is 0 Å². The summed E-state index contributed by atoms with van der Waals surface area (Å²) in [5, 5.41) is 9.12. The number of nitrogens with one attached hydrogen (secondary N) is 1. The Morgan fingerprint density at radius 1 is 1.67 bits per heavy atom. The summed E-state index contributed by atoms with van der Waals surface area (Å²) in [6, 6.07) is 2.67. The number of aromatic nitrogens is 1. The standard InChI is InChI=1S/C8H12N2O2/c1-5(11)7(9)6-3-2-4-10-8(6)12/h2-5,7,11H,9H2,1H3,(H,10,12)/t5-,7+/m1/s1. The Bertz CT molecular complexity index is 306. The maximum atomic E-state index is 11.1. The second-order valence-corrected chi connectivity index (χ2v) is 2.72. The lowest BCUT2D eigenvalue weighted by molar-refractivity contribution is 0.163. The van der Waals surface area contributed by atoms with Crippen molar-refractivity contribution in [3.8, 4) is 0 Å². The van der Waals surface area contributed by atoms with Gasteiger partial charge in [-0.1, -0.05) is 6.07 Å². The molecule has 1 rings (SSSR count). The first-order chi connectivity index (χ1) is 5.63. The van der Waals surface area contributed by atoms with Gasteiger partial charge in [-0.05, 0) is 13.0 Å². The average molecular weight is 168 g/mol. The molecular weight excluding hydrogens is 156 g/mol. The zero-order valence-corrected chi connectivity index (χ0v) is 6.82. The first kappa shape index (κ1) is 8.96. The molecule has 0 saturated carbocycles. The van der Waals surface area contributed by atoms with E-state index >= 15 is 0 Å². The largest absolute Gasteiger partial charge is 0.391 e. The van der Waals surface area contributed by atoms with Gasteiger partial charge in [0.05, 0.1) is 12.1 Å². The lowest BCUT2D eigenvalue weighted by Crippen LogP contribution is -2.29. The molecule has 0 aromatic carbocycles. The number of hydrogen-bond acceptors (Lipinski definition) is 3. The summed E-state index contributed by atoms with van der Waals surface area (Å²) in [5.74, 6) is 0. The first-order valence-electron chi connectivity index (χ1n) is 3.74. The molecule has 0 unspecified atom stereocenters. The molecule has 1 aromatic heterocycles. The van der Waals surface area contributed by atoms with E-state index < -0.39 is 12.1 Å². The second-order valence-electron chi connectivity index (χ2n) is 2.72. The minimum atomic E-state index is -0.714. The van der Waals surface area contributed by atoms with Gasteiger partial charge in [0.2, 0.25) is 0 Å². The van der Waals surface area contributed by atoms with Gasteiger partial charge >= 0.3 is 0 Å². The van der Waals surface area contributed by atoms with E-state index in [9.17, 15) is 4.79 Å². The Labute approximate surface area is 70.0 Å². The molecule has 0 saturated heterocycles. The Kier molecular flexibility index (Phi) is 2.62. The highest BCUT2D eigenvalue weighted by molar-refractivity contribution is 5.14. The number of nitrogens with two attached hydrogens (primary N) is 1. The molecule has 0 aliphatic rings. The molecule has 0 radical (unpaired) electrons. The van der Waals surface area contributed by atoms with E-state index in [1.54, 1.807) is 19.1 Å². The quantitative estimate of drug-likeness (QED) is 0.570. The molecular formula is C8H12N2O2. The van der Waals surface area contributed by atoms with E-state index in [0.29, 0.717) is 5.56 Å². The van der Waals surface area contributed by atoms with Crippen LogP contribution in [0.25, 0.3) is 0 Å². The van der Waals surface area contributed by atoms with Crippen molar-refractivity contribution < 1.29 is 5.11 Å². The molecule has 2 atom stereocenters. The summed E-state index contributed by atoms with van der Waals surface area (Å²) in [7, 11) is 0. The number of rotatable bonds is 2. The van der Waals surface area contributed by atoms with Crippen molar-refractivity contribution in [2.45, 2.75) is 19.1 Å². The molecule has 66 valence electrons. The van der Waals surface area contributed by atoms with Crippen molar-refractivity contribution in [1.82, 2.24) is 4.98 Å². The molecule has 0 aliphatic heterocycles. The summed E-state index contributed by atoms with van der Waals surface area (Å²) >= 11 is 0. The fraction of sp³-hybridized carbons (Fsp3) is 0.375. The van der Waals surface area contributed by atoms with Gasteiger partial charge < -0.3 is 15.8 Å².